The van der Waals surface area contributed by atoms with E-state index in [-0.39, 0.29) is 24.8 Å². The van der Waals surface area contributed by atoms with Crippen molar-refractivity contribution in [1.82, 2.24) is 4.90 Å². The molecule has 0 aliphatic carbocycles. The number of nitrogens with one attached hydrogen (secondary N) is 1. The summed E-state index contributed by atoms with van der Waals surface area (Å²) in [5.41, 5.74) is 0.0453. The van der Waals surface area contributed by atoms with Crippen LogP contribution in [-0.4, -0.2) is 47.8 Å². The molecule has 1 fully saturated rings. The smallest absolute Gasteiger partial charge is 0.326 e. The summed E-state index contributed by atoms with van der Waals surface area (Å²) in [4.78, 5) is 24.3. The van der Waals surface area contributed by atoms with Crippen LogP contribution < -0.4 is 5.32 Å². The number of urea groups is 1. The maximum absolute atomic E-state index is 13.1. The Morgan fingerprint density at radius 1 is 1.38 bits per heavy atom. The van der Waals surface area contributed by atoms with Gasteiger partial charge in [-0.3, -0.25) is 0 Å². The van der Waals surface area contributed by atoms with Crippen molar-refractivity contribution in [3.63, 3.8) is 0 Å². The van der Waals surface area contributed by atoms with Gasteiger partial charge in [0.15, 0.2) is 11.6 Å². The molecular weight excluding hydrogens is 286 g/mol. The zero-order chi connectivity index (χ0) is 15.6. The standard InChI is InChI=1S/C13H14F2N2O4/c1-21-8-5-11(12(18)19)17(6-8)13(20)16-7-2-3-9(14)10(15)4-7/h2-4,8,11H,5-6H2,1H3,(H,16,20)(H,18,19). The molecular formula is C13H14F2N2O4. The predicted molar refractivity (Wildman–Crippen MR) is 68.9 cm³/mol. The zero-order valence-electron chi connectivity index (χ0n) is 11.2. The molecule has 0 bridgehead atoms. The molecule has 1 heterocycles. The number of ether oxygens (including phenoxy) is 1. The van der Waals surface area contributed by atoms with Crippen LogP contribution in [0.25, 0.3) is 0 Å². The highest BCUT2D eigenvalue weighted by molar-refractivity contribution is 5.92. The third-order valence-electron chi connectivity index (χ3n) is 3.31. The number of carbonyl (C=O) groups is 2. The number of aliphatic carboxylic acids is 1. The Hall–Kier alpha value is -2.22. The second kappa shape index (κ2) is 6.04. The number of halogens is 2. The Bertz CT molecular complexity index is 567. The van der Waals surface area contributed by atoms with Crippen LogP contribution >= 0.6 is 0 Å². The van der Waals surface area contributed by atoms with Gasteiger partial charge < -0.3 is 20.1 Å². The molecule has 2 atom stereocenters. The maximum Gasteiger partial charge on any atom is 0.326 e. The zero-order valence-corrected chi connectivity index (χ0v) is 11.2. The Balaban J connectivity index is 2.11. The monoisotopic (exact) mass is 300 g/mol. The first-order valence-electron chi connectivity index (χ1n) is 6.20. The number of rotatable bonds is 3. The van der Waals surface area contributed by atoms with E-state index < -0.39 is 29.7 Å². The van der Waals surface area contributed by atoms with Crippen LogP contribution in [0.15, 0.2) is 18.2 Å². The fourth-order valence-corrected chi connectivity index (χ4v) is 2.20. The van der Waals surface area contributed by atoms with E-state index in [2.05, 4.69) is 5.32 Å². The lowest BCUT2D eigenvalue weighted by atomic mass is 10.2. The van der Waals surface area contributed by atoms with E-state index in [1.165, 1.54) is 13.2 Å². The van der Waals surface area contributed by atoms with Crippen molar-refractivity contribution in [3.05, 3.63) is 29.8 Å². The highest BCUT2D eigenvalue weighted by Crippen LogP contribution is 2.22. The Morgan fingerprint density at radius 3 is 2.67 bits per heavy atom. The van der Waals surface area contributed by atoms with Gasteiger partial charge in [-0.05, 0) is 12.1 Å². The van der Waals surface area contributed by atoms with Gasteiger partial charge in [0.1, 0.15) is 6.04 Å². The molecule has 0 spiro atoms. The average Bonchev–Trinajstić information content (AvgIpc) is 2.87. The van der Waals surface area contributed by atoms with Crippen LogP contribution in [0.3, 0.4) is 0 Å². The lowest BCUT2D eigenvalue weighted by molar-refractivity contribution is -0.141. The van der Waals surface area contributed by atoms with E-state index in [0.717, 1.165) is 17.0 Å². The molecule has 0 aromatic heterocycles. The molecule has 1 aliphatic rings. The third-order valence-corrected chi connectivity index (χ3v) is 3.31. The number of anilines is 1. The molecule has 2 amide bonds. The lowest BCUT2D eigenvalue weighted by Gasteiger charge is -2.21. The van der Waals surface area contributed by atoms with Gasteiger partial charge in [-0.1, -0.05) is 0 Å². The molecule has 1 saturated heterocycles. The lowest BCUT2D eigenvalue weighted by Crippen LogP contribution is -2.43. The van der Waals surface area contributed by atoms with Gasteiger partial charge >= 0.3 is 12.0 Å². The second-order valence-electron chi connectivity index (χ2n) is 4.66. The van der Waals surface area contributed by atoms with Crippen LogP contribution in [0.5, 0.6) is 0 Å². The topological polar surface area (TPSA) is 78.9 Å². The molecule has 2 N–H and O–H groups in total. The normalized spacial score (nSPS) is 21.4. The third kappa shape index (κ3) is 3.27. The Labute approximate surface area is 119 Å². The fourth-order valence-electron chi connectivity index (χ4n) is 2.20. The minimum absolute atomic E-state index is 0.0453. The van der Waals surface area contributed by atoms with Crippen LogP contribution in [0.4, 0.5) is 19.3 Å². The molecule has 21 heavy (non-hydrogen) atoms. The largest absolute Gasteiger partial charge is 0.480 e. The highest BCUT2D eigenvalue weighted by atomic mass is 19.2. The molecule has 2 rings (SSSR count). The van der Waals surface area contributed by atoms with E-state index in [1.54, 1.807) is 0 Å². The number of likely N-dealkylation sites (tertiary alicyclic amines) is 1. The SMILES string of the molecule is COC1CC(C(=O)O)N(C(=O)Nc2ccc(F)c(F)c2)C1. The summed E-state index contributed by atoms with van der Waals surface area (Å²) in [6.45, 7) is 0.114. The first kappa shape index (κ1) is 15.2. The van der Waals surface area contributed by atoms with Gasteiger partial charge in [0.2, 0.25) is 0 Å². The molecule has 114 valence electrons. The number of hydrogen-bond donors (Lipinski definition) is 2. The summed E-state index contributed by atoms with van der Waals surface area (Å²) in [5.74, 6) is -3.27. The molecule has 1 aromatic rings. The number of hydrogen-bond acceptors (Lipinski definition) is 3. The molecule has 8 heteroatoms. The van der Waals surface area contributed by atoms with Crippen molar-refractivity contribution in [1.29, 1.82) is 0 Å². The summed E-state index contributed by atoms with van der Waals surface area (Å²) in [7, 11) is 1.43. The van der Waals surface area contributed by atoms with E-state index in [4.69, 9.17) is 9.84 Å². The van der Waals surface area contributed by atoms with Crippen molar-refractivity contribution >= 4 is 17.7 Å². The van der Waals surface area contributed by atoms with Crippen molar-refractivity contribution in [2.45, 2.75) is 18.6 Å². The van der Waals surface area contributed by atoms with E-state index >= 15 is 0 Å². The van der Waals surface area contributed by atoms with Gasteiger partial charge in [-0.2, -0.15) is 0 Å². The van der Waals surface area contributed by atoms with Gasteiger partial charge in [-0.25, -0.2) is 18.4 Å². The number of carboxylic acid groups (broad SMARTS) is 1. The number of carbonyl (C=O) groups excluding carboxylic acids is 1. The first-order valence-corrected chi connectivity index (χ1v) is 6.20. The average molecular weight is 300 g/mol. The van der Waals surface area contributed by atoms with E-state index in [1.807, 2.05) is 0 Å². The number of nitrogens with zero attached hydrogens (tertiary/aromatic N) is 1. The van der Waals surface area contributed by atoms with Gasteiger partial charge in [0.25, 0.3) is 0 Å². The van der Waals surface area contributed by atoms with E-state index in [0.29, 0.717) is 0 Å². The minimum Gasteiger partial charge on any atom is -0.480 e. The summed E-state index contributed by atoms with van der Waals surface area (Å²) in [6, 6.07) is 1.18. The minimum atomic E-state index is -1.14. The Kier molecular flexibility index (Phi) is 4.37. The van der Waals surface area contributed by atoms with Crippen molar-refractivity contribution in [2.24, 2.45) is 0 Å². The quantitative estimate of drug-likeness (QED) is 0.890. The summed E-state index contributed by atoms with van der Waals surface area (Å²) in [5, 5.41) is 11.4. The van der Waals surface area contributed by atoms with Gasteiger partial charge in [-0.15, -0.1) is 0 Å². The molecule has 1 aliphatic heterocycles. The van der Waals surface area contributed by atoms with Crippen molar-refractivity contribution in [3.8, 4) is 0 Å². The molecule has 0 saturated carbocycles. The number of methoxy groups -OCH3 is 1. The van der Waals surface area contributed by atoms with Crippen LogP contribution in [0.2, 0.25) is 0 Å². The molecule has 2 unspecified atom stereocenters. The molecule has 0 radical (unpaired) electrons. The van der Waals surface area contributed by atoms with Crippen LogP contribution in [-0.2, 0) is 9.53 Å². The van der Waals surface area contributed by atoms with Crippen molar-refractivity contribution in [2.75, 3.05) is 19.0 Å². The van der Waals surface area contributed by atoms with Gasteiger partial charge in [0, 0.05) is 31.8 Å². The maximum atomic E-state index is 13.1. The van der Waals surface area contributed by atoms with E-state index in [9.17, 15) is 18.4 Å². The predicted octanol–water partition coefficient (Wildman–Crippen LogP) is 1.67. The van der Waals surface area contributed by atoms with Crippen molar-refractivity contribution < 1.29 is 28.2 Å². The fraction of sp³-hybridized carbons (Fsp3) is 0.385. The second-order valence-corrected chi connectivity index (χ2v) is 4.66. The summed E-state index contributed by atoms with van der Waals surface area (Å²) in [6.07, 6.45) is -0.196. The summed E-state index contributed by atoms with van der Waals surface area (Å²) >= 11 is 0. The first-order chi connectivity index (χ1) is 9.92. The number of carboxylic acids is 1. The highest BCUT2D eigenvalue weighted by Gasteiger charge is 2.39. The molecule has 1 aromatic carbocycles. The Morgan fingerprint density at radius 2 is 2.10 bits per heavy atom. The number of benzene rings is 1. The van der Waals surface area contributed by atoms with Crippen LogP contribution in [0.1, 0.15) is 6.42 Å². The summed E-state index contributed by atoms with van der Waals surface area (Å²) < 4.78 is 30.9. The molecule has 6 nitrogen and oxygen atoms in total. The van der Waals surface area contributed by atoms with Crippen LogP contribution in [0, 0.1) is 11.6 Å². The van der Waals surface area contributed by atoms with Gasteiger partial charge in [0.05, 0.1) is 6.10 Å². The number of amides is 2.